The van der Waals surface area contributed by atoms with Crippen LogP contribution >= 0.6 is 0 Å². The Bertz CT molecular complexity index is 725. The average Bonchev–Trinajstić information content (AvgIpc) is 2.97. The first kappa shape index (κ1) is 18.2. The van der Waals surface area contributed by atoms with Crippen LogP contribution in [0.1, 0.15) is 24.5 Å². The second kappa shape index (κ2) is 7.35. The van der Waals surface area contributed by atoms with Crippen LogP contribution in [-0.4, -0.2) is 66.4 Å². The van der Waals surface area contributed by atoms with Gasteiger partial charge in [0.2, 0.25) is 11.8 Å². The van der Waals surface area contributed by atoms with Crippen LogP contribution in [0, 0.1) is 13.8 Å². The van der Waals surface area contributed by atoms with Gasteiger partial charge in [0.1, 0.15) is 0 Å². The molecule has 4 amide bonds. The summed E-state index contributed by atoms with van der Waals surface area (Å²) in [6.07, 6.45) is 0.312. The molecular weight excluding hydrogens is 332 g/mol. The molecule has 1 atom stereocenters. The highest BCUT2D eigenvalue weighted by Crippen LogP contribution is 2.24. The molecule has 1 aromatic carbocycles. The summed E-state index contributed by atoms with van der Waals surface area (Å²) in [6.45, 7) is 8.25. The minimum Gasteiger partial charge on any atom is -0.339 e. The molecule has 0 aliphatic carbocycles. The van der Waals surface area contributed by atoms with Crippen molar-refractivity contribution in [3.8, 4) is 0 Å². The van der Waals surface area contributed by atoms with E-state index in [9.17, 15) is 14.4 Å². The van der Waals surface area contributed by atoms with Crippen LogP contribution in [0.2, 0.25) is 0 Å². The van der Waals surface area contributed by atoms with Gasteiger partial charge in [0.05, 0.1) is 6.04 Å². The van der Waals surface area contributed by atoms with E-state index in [1.807, 2.05) is 32.0 Å². The largest absolute Gasteiger partial charge is 0.339 e. The lowest BCUT2D eigenvalue weighted by Gasteiger charge is -2.34. The van der Waals surface area contributed by atoms with Gasteiger partial charge in [-0.1, -0.05) is 6.07 Å². The number of urea groups is 1. The molecule has 2 heterocycles. The van der Waals surface area contributed by atoms with Crippen molar-refractivity contribution in [2.75, 3.05) is 37.6 Å². The van der Waals surface area contributed by atoms with Crippen molar-refractivity contribution in [2.45, 2.75) is 33.2 Å². The molecule has 0 radical (unpaired) electrons. The third kappa shape index (κ3) is 3.81. The number of nitrogens with zero attached hydrogens (tertiary/aromatic N) is 3. The third-order valence-electron chi connectivity index (χ3n) is 5.27. The van der Waals surface area contributed by atoms with Gasteiger partial charge in [-0.25, -0.2) is 4.79 Å². The summed E-state index contributed by atoms with van der Waals surface area (Å²) in [5.41, 5.74) is 3.21. The Morgan fingerprint density at radius 3 is 2.31 bits per heavy atom. The van der Waals surface area contributed by atoms with Gasteiger partial charge in [0, 0.05) is 51.8 Å². The number of benzene rings is 1. The highest BCUT2D eigenvalue weighted by molar-refractivity contribution is 5.97. The zero-order valence-electron chi connectivity index (χ0n) is 15.6. The van der Waals surface area contributed by atoms with Gasteiger partial charge in [0.15, 0.2) is 0 Å². The van der Waals surface area contributed by atoms with Gasteiger partial charge in [-0.15, -0.1) is 0 Å². The fourth-order valence-electron chi connectivity index (χ4n) is 3.44. The molecule has 7 heteroatoms. The van der Waals surface area contributed by atoms with Gasteiger partial charge in [-0.2, -0.15) is 0 Å². The SMILES string of the molecule is CC(=O)N1CCN(C(=O)NC2CC(=O)N(c3ccc(C)c(C)c3)C2)CC1. The molecule has 1 unspecified atom stereocenters. The predicted octanol–water partition coefficient (Wildman–Crippen LogP) is 1.28. The molecule has 2 aliphatic rings. The maximum absolute atomic E-state index is 12.5. The molecule has 0 saturated carbocycles. The van der Waals surface area contributed by atoms with Crippen LogP contribution in [0.4, 0.5) is 10.5 Å². The first-order valence-electron chi connectivity index (χ1n) is 9.03. The first-order valence-corrected chi connectivity index (χ1v) is 9.03. The molecule has 0 aromatic heterocycles. The monoisotopic (exact) mass is 358 g/mol. The Morgan fingerprint density at radius 2 is 1.69 bits per heavy atom. The van der Waals surface area contributed by atoms with Crippen LogP contribution < -0.4 is 10.2 Å². The summed E-state index contributed by atoms with van der Waals surface area (Å²) in [5, 5.41) is 2.97. The zero-order chi connectivity index (χ0) is 18.8. The molecule has 2 saturated heterocycles. The van der Waals surface area contributed by atoms with E-state index in [1.165, 1.54) is 5.56 Å². The highest BCUT2D eigenvalue weighted by atomic mass is 16.2. The van der Waals surface area contributed by atoms with Crippen LogP contribution in [0.15, 0.2) is 18.2 Å². The topological polar surface area (TPSA) is 73.0 Å². The van der Waals surface area contributed by atoms with E-state index in [0.29, 0.717) is 39.1 Å². The third-order valence-corrected chi connectivity index (χ3v) is 5.27. The van der Waals surface area contributed by atoms with Gasteiger partial charge in [-0.3, -0.25) is 9.59 Å². The number of carbonyl (C=O) groups excluding carboxylic acids is 3. The van der Waals surface area contributed by atoms with E-state index in [2.05, 4.69) is 5.32 Å². The standard InChI is InChI=1S/C19H26N4O3/c1-13-4-5-17(10-14(13)2)23-12-16(11-18(23)25)20-19(26)22-8-6-21(7-9-22)15(3)24/h4-5,10,16H,6-9,11-12H2,1-3H3,(H,20,26). The number of amides is 4. The molecule has 1 N–H and O–H groups in total. The number of nitrogens with one attached hydrogen (secondary N) is 1. The fourth-order valence-corrected chi connectivity index (χ4v) is 3.44. The molecule has 7 nitrogen and oxygen atoms in total. The lowest BCUT2D eigenvalue weighted by Crippen LogP contribution is -2.54. The Morgan fingerprint density at radius 1 is 1.04 bits per heavy atom. The maximum Gasteiger partial charge on any atom is 0.317 e. The molecule has 3 rings (SSSR count). The second-order valence-electron chi connectivity index (χ2n) is 7.12. The first-order chi connectivity index (χ1) is 12.3. The van der Waals surface area contributed by atoms with Crippen molar-refractivity contribution < 1.29 is 14.4 Å². The van der Waals surface area contributed by atoms with Crippen molar-refractivity contribution in [1.82, 2.24) is 15.1 Å². The summed E-state index contributed by atoms with van der Waals surface area (Å²) in [5.74, 6) is 0.0652. The van der Waals surface area contributed by atoms with Crippen molar-refractivity contribution in [3.05, 3.63) is 29.3 Å². The minimum atomic E-state index is -0.192. The quantitative estimate of drug-likeness (QED) is 0.866. The summed E-state index contributed by atoms with van der Waals surface area (Å²) in [7, 11) is 0. The van der Waals surface area contributed by atoms with E-state index < -0.39 is 0 Å². The van der Waals surface area contributed by atoms with E-state index in [-0.39, 0.29) is 23.9 Å². The zero-order valence-corrected chi connectivity index (χ0v) is 15.6. The Kier molecular flexibility index (Phi) is 5.15. The van der Waals surface area contributed by atoms with Gasteiger partial charge in [0.25, 0.3) is 0 Å². The summed E-state index contributed by atoms with van der Waals surface area (Å²) in [6, 6.07) is 5.62. The Balaban J connectivity index is 1.56. The molecule has 26 heavy (non-hydrogen) atoms. The Hall–Kier alpha value is -2.57. The van der Waals surface area contributed by atoms with Crippen LogP contribution in [-0.2, 0) is 9.59 Å². The van der Waals surface area contributed by atoms with Crippen molar-refractivity contribution in [3.63, 3.8) is 0 Å². The van der Waals surface area contributed by atoms with Crippen molar-refractivity contribution in [1.29, 1.82) is 0 Å². The number of aryl methyl sites for hydroxylation is 2. The van der Waals surface area contributed by atoms with E-state index in [0.717, 1.165) is 11.3 Å². The number of anilines is 1. The van der Waals surface area contributed by atoms with E-state index in [4.69, 9.17) is 0 Å². The number of carbonyl (C=O) groups is 3. The lowest BCUT2D eigenvalue weighted by atomic mass is 10.1. The smallest absolute Gasteiger partial charge is 0.317 e. The minimum absolute atomic E-state index is 0.0277. The van der Waals surface area contributed by atoms with E-state index >= 15 is 0 Å². The van der Waals surface area contributed by atoms with Crippen LogP contribution in [0.25, 0.3) is 0 Å². The van der Waals surface area contributed by atoms with Gasteiger partial charge in [-0.05, 0) is 37.1 Å². The maximum atomic E-state index is 12.5. The molecule has 1 aromatic rings. The number of piperazine rings is 1. The molecular formula is C19H26N4O3. The highest BCUT2D eigenvalue weighted by Gasteiger charge is 2.33. The summed E-state index contributed by atoms with van der Waals surface area (Å²) in [4.78, 5) is 41.4. The van der Waals surface area contributed by atoms with Crippen LogP contribution in [0.3, 0.4) is 0 Å². The second-order valence-corrected chi connectivity index (χ2v) is 7.12. The number of hydrogen-bond donors (Lipinski definition) is 1. The van der Waals surface area contributed by atoms with Gasteiger partial charge < -0.3 is 20.0 Å². The average molecular weight is 358 g/mol. The summed E-state index contributed by atoms with van der Waals surface area (Å²) >= 11 is 0. The molecule has 140 valence electrons. The summed E-state index contributed by atoms with van der Waals surface area (Å²) < 4.78 is 0. The number of rotatable bonds is 2. The fraction of sp³-hybridized carbons (Fsp3) is 0.526. The van der Waals surface area contributed by atoms with Gasteiger partial charge >= 0.3 is 6.03 Å². The lowest BCUT2D eigenvalue weighted by molar-refractivity contribution is -0.130. The van der Waals surface area contributed by atoms with E-state index in [1.54, 1.807) is 21.6 Å². The van der Waals surface area contributed by atoms with Crippen molar-refractivity contribution >= 4 is 23.5 Å². The Labute approximate surface area is 153 Å². The normalized spacial score (nSPS) is 20.5. The molecule has 0 bridgehead atoms. The number of hydrogen-bond acceptors (Lipinski definition) is 3. The molecule has 0 spiro atoms. The van der Waals surface area contributed by atoms with Crippen LogP contribution in [0.5, 0.6) is 0 Å². The predicted molar refractivity (Wildman–Crippen MR) is 99.0 cm³/mol. The van der Waals surface area contributed by atoms with Crippen molar-refractivity contribution in [2.24, 2.45) is 0 Å². The molecule has 2 fully saturated rings. The molecule has 2 aliphatic heterocycles.